The van der Waals surface area contributed by atoms with Crippen LogP contribution in [0.4, 0.5) is 5.69 Å². The summed E-state index contributed by atoms with van der Waals surface area (Å²) in [4.78, 5) is 0. The first-order chi connectivity index (χ1) is 7.96. The fraction of sp³-hybridized carbons (Fsp3) is 0.600. The van der Waals surface area contributed by atoms with Gasteiger partial charge in [0, 0.05) is 16.2 Å². The van der Waals surface area contributed by atoms with E-state index in [-0.39, 0.29) is 0 Å². The molecule has 2 rings (SSSR count). The first kappa shape index (κ1) is 12.9. The van der Waals surface area contributed by atoms with Crippen molar-refractivity contribution in [3.63, 3.8) is 0 Å². The second-order valence-electron chi connectivity index (χ2n) is 6.09. The van der Waals surface area contributed by atoms with Gasteiger partial charge in [0.1, 0.15) is 0 Å². The van der Waals surface area contributed by atoms with E-state index < -0.39 is 0 Å². The molecule has 0 saturated heterocycles. The van der Waals surface area contributed by atoms with Crippen LogP contribution in [-0.4, -0.2) is 6.04 Å². The Balaban J connectivity index is 2.07. The molecule has 0 aromatic heterocycles. The Labute approximate surface area is 113 Å². The predicted molar refractivity (Wildman–Crippen MR) is 78.5 cm³/mol. The number of benzene rings is 1. The highest BCUT2D eigenvalue weighted by Gasteiger charge is 2.27. The van der Waals surface area contributed by atoms with Crippen LogP contribution in [0.25, 0.3) is 0 Å². The summed E-state index contributed by atoms with van der Waals surface area (Å²) in [6.07, 6.45) is 5.27. The highest BCUT2D eigenvalue weighted by atomic mass is 79.9. The third-order valence-corrected chi connectivity index (χ3v) is 4.38. The molecule has 0 spiro atoms. The van der Waals surface area contributed by atoms with Crippen LogP contribution >= 0.6 is 15.9 Å². The molecule has 17 heavy (non-hydrogen) atoms. The Morgan fingerprint density at radius 2 is 2.12 bits per heavy atom. The first-order valence-electron chi connectivity index (χ1n) is 6.49. The minimum Gasteiger partial charge on any atom is -0.381 e. The molecule has 0 amide bonds. The summed E-state index contributed by atoms with van der Waals surface area (Å²) in [6.45, 7) is 6.90. The molecule has 0 aliphatic heterocycles. The Morgan fingerprint density at radius 3 is 2.82 bits per heavy atom. The van der Waals surface area contributed by atoms with E-state index in [0.717, 1.165) is 0 Å². The summed E-state index contributed by atoms with van der Waals surface area (Å²) < 4.78 is 1.17. The SMILES string of the molecule is Cc1ccc(Br)c(NC2CCCC(C)(C)C2)c1. The van der Waals surface area contributed by atoms with Gasteiger partial charge in [-0.3, -0.25) is 0 Å². The molecule has 1 unspecified atom stereocenters. The van der Waals surface area contributed by atoms with E-state index >= 15 is 0 Å². The van der Waals surface area contributed by atoms with Crippen LogP contribution in [-0.2, 0) is 0 Å². The highest BCUT2D eigenvalue weighted by molar-refractivity contribution is 9.10. The Hall–Kier alpha value is -0.500. The third kappa shape index (κ3) is 3.48. The maximum atomic E-state index is 3.70. The lowest BCUT2D eigenvalue weighted by atomic mass is 9.75. The van der Waals surface area contributed by atoms with Crippen LogP contribution in [0.1, 0.15) is 45.1 Å². The second-order valence-corrected chi connectivity index (χ2v) is 6.94. The number of aryl methyl sites for hydroxylation is 1. The molecule has 1 aromatic carbocycles. The molecule has 94 valence electrons. The molecule has 0 radical (unpaired) electrons. The van der Waals surface area contributed by atoms with Crippen molar-refractivity contribution in [3.05, 3.63) is 28.2 Å². The van der Waals surface area contributed by atoms with Crippen molar-refractivity contribution < 1.29 is 0 Å². The van der Waals surface area contributed by atoms with Gasteiger partial charge < -0.3 is 5.32 Å². The smallest absolute Gasteiger partial charge is 0.0489 e. The predicted octanol–water partition coefficient (Wildman–Crippen LogP) is 5.14. The molecule has 1 atom stereocenters. The van der Waals surface area contributed by atoms with Crippen LogP contribution in [0.15, 0.2) is 22.7 Å². The van der Waals surface area contributed by atoms with Gasteiger partial charge in [-0.05, 0) is 65.2 Å². The molecule has 2 heteroatoms. The normalized spacial score (nSPS) is 23.4. The third-order valence-electron chi connectivity index (χ3n) is 3.69. The van der Waals surface area contributed by atoms with E-state index in [0.29, 0.717) is 11.5 Å². The van der Waals surface area contributed by atoms with Crippen molar-refractivity contribution in [1.82, 2.24) is 0 Å². The number of hydrogen-bond acceptors (Lipinski definition) is 1. The number of nitrogens with one attached hydrogen (secondary N) is 1. The topological polar surface area (TPSA) is 12.0 Å². The van der Waals surface area contributed by atoms with Crippen molar-refractivity contribution in [2.45, 2.75) is 52.5 Å². The molecule has 1 aliphatic carbocycles. The average Bonchev–Trinajstić information content (AvgIpc) is 2.22. The van der Waals surface area contributed by atoms with E-state index in [1.54, 1.807) is 0 Å². The summed E-state index contributed by atoms with van der Waals surface area (Å²) in [5.41, 5.74) is 3.05. The molecule has 0 heterocycles. The molecular formula is C15H22BrN. The van der Waals surface area contributed by atoms with Crippen LogP contribution in [0.3, 0.4) is 0 Å². The minimum absolute atomic E-state index is 0.492. The van der Waals surface area contributed by atoms with Gasteiger partial charge in [-0.2, -0.15) is 0 Å². The van der Waals surface area contributed by atoms with Crippen molar-refractivity contribution >= 4 is 21.6 Å². The summed E-state index contributed by atoms with van der Waals surface area (Å²) in [7, 11) is 0. The quantitative estimate of drug-likeness (QED) is 0.797. The van der Waals surface area contributed by atoms with Gasteiger partial charge in [0.15, 0.2) is 0 Å². The van der Waals surface area contributed by atoms with Crippen LogP contribution in [0.5, 0.6) is 0 Å². The number of anilines is 1. The standard InChI is InChI=1S/C15H22BrN/c1-11-6-7-13(16)14(9-11)17-12-5-4-8-15(2,3)10-12/h6-7,9,12,17H,4-5,8,10H2,1-3H3. The van der Waals surface area contributed by atoms with E-state index in [4.69, 9.17) is 0 Å². The molecule has 1 nitrogen and oxygen atoms in total. The van der Waals surface area contributed by atoms with E-state index in [1.165, 1.54) is 41.4 Å². The summed E-state index contributed by atoms with van der Waals surface area (Å²) >= 11 is 3.62. The van der Waals surface area contributed by atoms with E-state index in [1.807, 2.05) is 0 Å². The zero-order chi connectivity index (χ0) is 12.5. The molecule has 1 N–H and O–H groups in total. The van der Waals surface area contributed by atoms with Gasteiger partial charge >= 0.3 is 0 Å². The second kappa shape index (κ2) is 5.01. The molecule has 1 fully saturated rings. The van der Waals surface area contributed by atoms with Gasteiger partial charge in [0.25, 0.3) is 0 Å². The maximum absolute atomic E-state index is 3.70. The van der Waals surface area contributed by atoms with Crippen molar-refractivity contribution in [2.24, 2.45) is 5.41 Å². The lowest BCUT2D eigenvalue weighted by Crippen LogP contribution is -2.31. The lowest BCUT2D eigenvalue weighted by molar-refractivity contribution is 0.229. The number of rotatable bonds is 2. The van der Waals surface area contributed by atoms with Crippen molar-refractivity contribution in [3.8, 4) is 0 Å². The number of hydrogen-bond donors (Lipinski definition) is 1. The van der Waals surface area contributed by atoms with Gasteiger partial charge in [0.05, 0.1) is 0 Å². The summed E-state index contributed by atoms with van der Waals surface area (Å²) in [5.74, 6) is 0. The maximum Gasteiger partial charge on any atom is 0.0489 e. The zero-order valence-electron chi connectivity index (χ0n) is 11.0. The van der Waals surface area contributed by atoms with Crippen LogP contribution < -0.4 is 5.32 Å². The monoisotopic (exact) mass is 295 g/mol. The summed E-state index contributed by atoms with van der Waals surface area (Å²) in [6, 6.07) is 7.12. The van der Waals surface area contributed by atoms with Crippen LogP contribution in [0.2, 0.25) is 0 Å². The largest absolute Gasteiger partial charge is 0.381 e. The number of halogens is 1. The molecular weight excluding hydrogens is 274 g/mol. The fourth-order valence-corrected chi connectivity index (χ4v) is 3.15. The summed E-state index contributed by atoms with van der Waals surface area (Å²) in [5, 5.41) is 3.70. The molecule has 1 saturated carbocycles. The fourth-order valence-electron chi connectivity index (χ4n) is 2.79. The van der Waals surface area contributed by atoms with Crippen molar-refractivity contribution in [2.75, 3.05) is 5.32 Å². The first-order valence-corrected chi connectivity index (χ1v) is 7.28. The average molecular weight is 296 g/mol. The Kier molecular flexibility index (Phi) is 3.82. The highest BCUT2D eigenvalue weighted by Crippen LogP contribution is 2.37. The molecule has 1 aromatic rings. The van der Waals surface area contributed by atoms with Gasteiger partial charge in [-0.1, -0.05) is 26.3 Å². The van der Waals surface area contributed by atoms with Gasteiger partial charge in [0.2, 0.25) is 0 Å². The van der Waals surface area contributed by atoms with Gasteiger partial charge in [-0.15, -0.1) is 0 Å². The Morgan fingerprint density at radius 1 is 1.35 bits per heavy atom. The van der Waals surface area contributed by atoms with Crippen molar-refractivity contribution in [1.29, 1.82) is 0 Å². The molecule has 0 bridgehead atoms. The lowest BCUT2D eigenvalue weighted by Gasteiger charge is -2.36. The van der Waals surface area contributed by atoms with Gasteiger partial charge in [-0.25, -0.2) is 0 Å². The van der Waals surface area contributed by atoms with Crippen LogP contribution in [0, 0.1) is 12.3 Å². The van der Waals surface area contributed by atoms with E-state index in [2.05, 4.69) is 60.2 Å². The van der Waals surface area contributed by atoms with E-state index in [9.17, 15) is 0 Å². The zero-order valence-corrected chi connectivity index (χ0v) is 12.6. The molecule has 1 aliphatic rings. The Bertz CT molecular complexity index is 398. The minimum atomic E-state index is 0.492.